The van der Waals surface area contributed by atoms with Gasteiger partial charge in [0, 0.05) is 53.2 Å². The van der Waals surface area contributed by atoms with Crippen LogP contribution in [0.15, 0.2) is 66.0 Å². The van der Waals surface area contributed by atoms with Crippen LogP contribution in [0.5, 0.6) is 11.5 Å². The fraction of sp³-hybridized carbons (Fsp3) is 0.160. The molecule has 4 aromatic rings. The summed E-state index contributed by atoms with van der Waals surface area (Å²) in [5.41, 5.74) is 13.6. The number of anilines is 1. The molecule has 0 unspecified atom stereocenters. The summed E-state index contributed by atoms with van der Waals surface area (Å²) in [6.07, 6.45) is 6.41. The normalized spacial score (nSPS) is 11.4. The summed E-state index contributed by atoms with van der Waals surface area (Å²) in [6.45, 7) is 0.529. The highest BCUT2D eigenvalue weighted by Crippen LogP contribution is 2.33. The van der Waals surface area contributed by atoms with E-state index in [0.717, 1.165) is 23.1 Å². The van der Waals surface area contributed by atoms with Crippen molar-refractivity contribution in [3.05, 3.63) is 72.2 Å². The lowest BCUT2D eigenvalue weighted by Gasteiger charge is -2.14. The van der Waals surface area contributed by atoms with E-state index in [1.807, 2.05) is 18.5 Å². The Morgan fingerprint density at radius 2 is 1.97 bits per heavy atom. The average molecular weight is 460 g/mol. The summed E-state index contributed by atoms with van der Waals surface area (Å²) in [5.74, 6) is 1.54. The van der Waals surface area contributed by atoms with Crippen molar-refractivity contribution >= 4 is 40.1 Å². The summed E-state index contributed by atoms with van der Waals surface area (Å²) < 4.78 is 10.8. The minimum atomic E-state index is 0.395. The second-order valence-electron chi connectivity index (χ2n) is 7.35. The van der Waals surface area contributed by atoms with Crippen molar-refractivity contribution in [1.29, 1.82) is 0 Å². The standard InChI is InChI=1S/C25H25N5O2S/c1-31-23-11-20(22(30-15-33)12-24(23)32-2)25(26)28-9-7-18-14-29-21-6-5-16(10-19(18)21)17-4-3-8-27-13-17/h3-6,8,10-15,29H,7,9H2,1-2H3,(H2,26,28)(H,30,33). The Labute approximate surface area is 197 Å². The Bertz CT molecular complexity index is 1300. The fourth-order valence-electron chi connectivity index (χ4n) is 3.75. The summed E-state index contributed by atoms with van der Waals surface area (Å²) >= 11 is 4.96. The van der Waals surface area contributed by atoms with Gasteiger partial charge in [0.1, 0.15) is 5.84 Å². The molecule has 0 fully saturated rings. The lowest BCUT2D eigenvalue weighted by molar-refractivity contribution is 0.355. The number of aromatic nitrogens is 2. The Kier molecular flexibility index (Phi) is 6.85. The van der Waals surface area contributed by atoms with Crippen LogP contribution in [-0.4, -0.2) is 42.1 Å². The van der Waals surface area contributed by atoms with Crippen LogP contribution in [0.3, 0.4) is 0 Å². The van der Waals surface area contributed by atoms with Gasteiger partial charge in [-0.3, -0.25) is 9.98 Å². The SMILES string of the molecule is COc1cc(NC=S)c(C(N)=NCCc2c[nH]c3ccc(-c4cccnc4)cc23)cc1OC. The van der Waals surface area contributed by atoms with Crippen molar-refractivity contribution in [2.75, 3.05) is 26.1 Å². The number of thiocarbonyl (C=S) groups is 1. The zero-order chi connectivity index (χ0) is 23.2. The van der Waals surface area contributed by atoms with E-state index in [1.165, 1.54) is 16.4 Å². The number of pyridine rings is 1. The maximum Gasteiger partial charge on any atom is 0.162 e. The zero-order valence-electron chi connectivity index (χ0n) is 18.5. The lowest BCUT2D eigenvalue weighted by atomic mass is 10.0. The van der Waals surface area contributed by atoms with Crippen molar-refractivity contribution in [3.63, 3.8) is 0 Å². The van der Waals surface area contributed by atoms with Gasteiger partial charge in [0.2, 0.25) is 0 Å². The highest BCUT2D eigenvalue weighted by atomic mass is 32.1. The molecule has 7 nitrogen and oxygen atoms in total. The number of amidine groups is 1. The molecule has 2 aromatic heterocycles. The van der Waals surface area contributed by atoms with Gasteiger partial charge in [0.05, 0.1) is 25.4 Å². The number of hydrogen-bond acceptors (Lipinski definition) is 5. The van der Waals surface area contributed by atoms with Gasteiger partial charge in [-0.1, -0.05) is 24.4 Å². The molecular weight excluding hydrogens is 434 g/mol. The third-order valence-corrected chi connectivity index (χ3v) is 5.56. The Balaban J connectivity index is 1.57. The molecule has 4 rings (SSSR count). The molecule has 0 atom stereocenters. The molecular formula is C25H25N5O2S. The van der Waals surface area contributed by atoms with Crippen LogP contribution in [0, 0.1) is 0 Å². The smallest absolute Gasteiger partial charge is 0.162 e. The topological polar surface area (TPSA) is 97.6 Å². The van der Waals surface area contributed by atoms with E-state index >= 15 is 0 Å². The number of nitrogens with two attached hydrogens (primary N) is 1. The quantitative estimate of drug-likeness (QED) is 0.193. The van der Waals surface area contributed by atoms with Crippen LogP contribution in [-0.2, 0) is 6.42 Å². The van der Waals surface area contributed by atoms with Crippen LogP contribution >= 0.6 is 12.2 Å². The van der Waals surface area contributed by atoms with E-state index in [0.29, 0.717) is 35.1 Å². The minimum Gasteiger partial charge on any atom is -0.493 e. The van der Waals surface area contributed by atoms with Crippen LogP contribution in [0.2, 0.25) is 0 Å². The van der Waals surface area contributed by atoms with Gasteiger partial charge in [-0.05, 0) is 41.8 Å². The molecule has 0 aliphatic heterocycles. The first-order valence-corrected chi connectivity index (χ1v) is 10.9. The monoisotopic (exact) mass is 459 g/mol. The number of nitrogens with zero attached hydrogens (tertiary/aromatic N) is 2. The third kappa shape index (κ3) is 4.80. The van der Waals surface area contributed by atoms with Gasteiger partial charge in [-0.2, -0.15) is 0 Å². The number of fused-ring (bicyclic) bond motifs is 1. The van der Waals surface area contributed by atoms with Crippen molar-refractivity contribution in [2.24, 2.45) is 10.7 Å². The van der Waals surface area contributed by atoms with E-state index in [-0.39, 0.29) is 0 Å². The lowest BCUT2D eigenvalue weighted by Crippen LogP contribution is -2.17. The van der Waals surface area contributed by atoms with Gasteiger partial charge in [-0.25, -0.2) is 0 Å². The highest BCUT2D eigenvalue weighted by Gasteiger charge is 2.14. The summed E-state index contributed by atoms with van der Waals surface area (Å²) in [4.78, 5) is 12.2. The second-order valence-corrected chi connectivity index (χ2v) is 7.58. The maximum absolute atomic E-state index is 6.34. The molecule has 2 heterocycles. The Hall–Kier alpha value is -3.91. The molecule has 4 N–H and O–H groups in total. The molecule has 0 radical (unpaired) electrons. The maximum atomic E-state index is 6.34. The van der Waals surface area contributed by atoms with Crippen molar-refractivity contribution in [1.82, 2.24) is 9.97 Å². The predicted molar refractivity (Wildman–Crippen MR) is 138 cm³/mol. The van der Waals surface area contributed by atoms with E-state index < -0.39 is 0 Å². The fourth-order valence-corrected chi connectivity index (χ4v) is 3.88. The molecule has 0 saturated heterocycles. The largest absolute Gasteiger partial charge is 0.493 e. The Morgan fingerprint density at radius 3 is 2.70 bits per heavy atom. The number of H-pyrrole nitrogens is 1. The molecule has 0 saturated carbocycles. The zero-order valence-corrected chi connectivity index (χ0v) is 19.3. The molecule has 0 amide bonds. The summed E-state index contributed by atoms with van der Waals surface area (Å²) in [5, 5.41) is 4.18. The molecule has 0 bridgehead atoms. The number of ether oxygens (including phenoxy) is 2. The van der Waals surface area contributed by atoms with Gasteiger partial charge in [0.15, 0.2) is 11.5 Å². The van der Waals surface area contributed by atoms with E-state index in [2.05, 4.69) is 44.5 Å². The molecule has 0 spiro atoms. The minimum absolute atomic E-state index is 0.395. The van der Waals surface area contributed by atoms with Gasteiger partial charge >= 0.3 is 0 Å². The van der Waals surface area contributed by atoms with Crippen molar-refractivity contribution < 1.29 is 9.47 Å². The first kappa shape index (κ1) is 22.3. The highest BCUT2D eigenvalue weighted by molar-refractivity contribution is 7.79. The van der Waals surface area contributed by atoms with Gasteiger partial charge in [0.25, 0.3) is 0 Å². The number of benzene rings is 2. The number of methoxy groups -OCH3 is 2. The van der Waals surface area contributed by atoms with Crippen molar-refractivity contribution in [3.8, 4) is 22.6 Å². The van der Waals surface area contributed by atoms with Crippen LogP contribution in [0.1, 0.15) is 11.1 Å². The predicted octanol–water partition coefficient (Wildman–Crippen LogP) is 4.56. The number of rotatable bonds is 9. The molecule has 33 heavy (non-hydrogen) atoms. The van der Waals surface area contributed by atoms with Gasteiger partial charge < -0.3 is 25.5 Å². The number of aromatic amines is 1. The van der Waals surface area contributed by atoms with E-state index in [9.17, 15) is 0 Å². The Morgan fingerprint density at radius 1 is 1.15 bits per heavy atom. The number of nitrogens with one attached hydrogen (secondary N) is 2. The van der Waals surface area contributed by atoms with E-state index in [4.69, 9.17) is 27.4 Å². The molecule has 0 aliphatic carbocycles. The number of hydrogen-bond donors (Lipinski definition) is 3. The molecule has 0 aliphatic rings. The van der Waals surface area contributed by atoms with Gasteiger partial charge in [-0.15, -0.1) is 0 Å². The molecule has 8 heteroatoms. The molecule has 2 aromatic carbocycles. The average Bonchev–Trinajstić information content (AvgIpc) is 3.26. The number of aliphatic imine (C=N–C) groups is 1. The third-order valence-electron chi connectivity index (χ3n) is 5.44. The summed E-state index contributed by atoms with van der Waals surface area (Å²) in [7, 11) is 3.16. The van der Waals surface area contributed by atoms with Crippen LogP contribution in [0.25, 0.3) is 22.0 Å². The second kappa shape index (κ2) is 10.1. The first-order chi connectivity index (χ1) is 16.1. The van der Waals surface area contributed by atoms with Crippen LogP contribution < -0.4 is 20.5 Å². The summed E-state index contributed by atoms with van der Waals surface area (Å²) in [6, 6.07) is 13.9. The molecule has 168 valence electrons. The van der Waals surface area contributed by atoms with E-state index in [1.54, 1.807) is 32.5 Å². The van der Waals surface area contributed by atoms with Crippen LogP contribution in [0.4, 0.5) is 5.69 Å². The first-order valence-electron chi connectivity index (χ1n) is 10.4. The van der Waals surface area contributed by atoms with Crippen molar-refractivity contribution in [2.45, 2.75) is 6.42 Å².